The number of carbonyl (C=O) groups excluding carboxylic acids is 1. The molecule has 21 heavy (non-hydrogen) atoms. The van der Waals surface area contributed by atoms with Crippen molar-refractivity contribution < 1.29 is 9.53 Å². The van der Waals surface area contributed by atoms with Gasteiger partial charge in [-0.2, -0.15) is 0 Å². The van der Waals surface area contributed by atoms with Gasteiger partial charge in [0.2, 0.25) is 0 Å². The first-order valence-electron chi connectivity index (χ1n) is 7.13. The molecular formula is C17H16N2O2. The van der Waals surface area contributed by atoms with Crippen LogP contribution in [0.1, 0.15) is 27.0 Å². The number of carbonyl (C=O) groups is 1. The summed E-state index contributed by atoms with van der Waals surface area (Å²) < 4.78 is 5.41. The number of nitrogens with zero attached hydrogens (tertiary/aromatic N) is 1. The lowest BCUT2D eigenvalue weighted by molar-refractivity contribution is 0.0989. The van der Waals surface area contributed by atoms with Crippen LogP contribution in [0.4, 0.5) is 11.4 Å². The van der Waals surface area contributed by atoms with Crippen molar-refractivity contribution in [3.63, 3.8) is 0 Å². The first-order chi connectivity index (χ1) is 10.2. The molecule has 2 aromatic carbocycles. The van der Waals surface area contributed by atoms with Gasteiger partial charge in [-0.1, -0.05) is 12.1 Å². The number of anilines is 2. The Hall–Kier alpha value is -2.33. The van der Waals surface area contributed by atoms with Crippen LogP contribution in [0.15, 0.2) is 36.4 Å². The van der Waals surface area contributed by atoms with E-state index in [1.807, 2.05) is 41.3 Å². The van der Waals surface area contributed by atoms with Gasteiger partial charge in [-0.25, -0.2) is 0 Å². The molecule has 4 rings (SSSR count). The van der Waals surface area contributed by atoms with E-state index in [2.05, 4.69) is 0 Å². The van der Waals surface area contributed by atoms with E-state index in [0.29, 0.717) is 19.8 Å². The molecule has 106 valence electrons. The van der Waals surface area contributed by atoms with Crippen molar-refractivity contribution in [2.45, 2.75) is 19.6 Å². The van der Waals surface area contributed by atoms with E-state index in [1.165, 1.54) is 5.56 Å². The molecule has 2 N–H and O–H groups in total. The highest BCUT2D eigenvalue weighted by Crippen LogP contribution is 2.33. The molecule has 0 saturated heterocycles. The van der Waals surface area contributed by atoms with Crippen molar-refractivity contribution in [3.8, 4) is 0 Å². The van der Waals surface area contributed by atoms with Crippen LogP contribution in [0.3, 0.4) is 0 Å². The van der Waals surface area contributed by atoms with Gasteiger partial charge in [0.1, 0.15) is 0 Å². The van der Waals surface area contributed by atoms with Crippen LogP contribution in [0.2, 0.25) is 0 Å². The fourth-order valence-corrected chi connectivity index (χ4v) is 3.13. The van der Waals surface area contributed by atoms with Crippen molar-refractivity contribution in [1.82, 2.24) is 0 Å². The smallest absolute Gasteiger partial charge is 0.258 e. The molecule has 0 aliphatic carbocycles. The quantitative estimate of drug-likeness (QED) is 0.817. The molecule has 0 bridgehead atoms. The monoisotopic (exact) mass is 280 g/mol. The summed E-state index contributed by atoms with van der Waals surface area (Å²) in [5.41, 5.74) is 11.8. The zero-order valence-corrected chi connectivity index (χ0v) is 11.6. The Morgan fingerprint density at radius 2 is 2.00 bits per heavy atom. The minimum atomic E-state index is 0.0362. The lowest BCUT2D eigenvalue weighted by Crippen LogP contribution is -2.28. The van der Waals surface area contributed by atoms with Crippen molar-refractivity contribution in [2.75, 3.05) is 17.2 Å². The maximum absolute atomic E-state index is 12.8. The van der Waals surface area contributed by atoms with E-state index >= 15 is 0 Å². The van der Waals surface area contributed by atoms with Crippen LogP contribution < -0.4 is 10.6 Å². The average molecular weight is 280 g/mol. The number of hydrogen-bond acceptors (Lipinski definition) is 3. The molecule has 1 amide bonds. The predicted molar refractivity (Wildman–Crippen MR) is 81.2 cm³/mol. The van der Waals surface area contributed by atoms with E-state index < -0.39 is 0 Å². The van der Waals surface area contributed by atoms with Gasteiger partial charge < -0.3 is 15.4 Å². The van der Waals surface area contributed by atoms with Gasteiger partial charge in [0.15, 0.2) is 0 Å². The van der Waals surface area contributed by atoms with E-state index in [0.717, 1.165) is 34.5 Å². The molecule has 2 aromatic rings. The third-order valence-corrected chi connectivity index (χ3v) is 4.28. The molecule has 0 saturated carbocycles. The Morgan fingerprint density at radius 3 is 2.90 bits per heavy atom. The Labute approximate surface area is 123 Å². The summed E-state index contributed by atoms with van der Waals surface area (Å²) in [6, 6.07) is 11.6. The molecule has 0 atom stereocenters. The second-order valence-corrected chi connectivity index (χ2v) is 5.53. The molecule has 2 heterocycles. The molecule has 0 radical (unpaired) electrons. The van der Waals surface area contributed by atoms with Gasteiger partial charge in [0.25, 0.3) is 5.91 Å². The number of fused-ring (bicyclic) bond motifs is 2. The lowest BCUT2D eigenvalue weighted by Gasteiger charge is -2.18. The zero-order valence-electron chi connectivity index (χ0n) is 11.6. The number of hydrogen-bond donors (Lipinski definition) is 1. The van der Waals surface area contributed by atoms with Crippen LogP contribution in [-0.2, 0) is 24.4 Å². The van der Waals surface area contributed by atoms with Crippen molar-refractivity contribution >= 4 is 17.3 Å². The van der Waals surface area contributed by atoms with E-state index in [1.54, 1.807) is 0 Å². The number of rotatable bonds is 1. The zero-order chi connectivity index (χ0) is 14.4. The predicted octanol–water partition coefficient (Wildman–Crippen LogP) is 2.50. The highest BCUT2D eigenvalue weighted by Gasteiger charge is 2.27. The van der Waals surface area contributed by atoms with Gasteiger partial charge in [-0.15, -0.1) is 0 Å². The Kier molecular flexibility index (Phi) is 2.72. The minimum absolute atomic E-state index is 0.0362. The number of benzene rings is 2. The van der Waals surface area contributed by atoms with Crippen molar-refractivity contribution in [1.29, 1.82) is 0 Å². The van der Waals surface area contributed by atoms with Gasteiger partial charge in [0, 0.05) is 29.0 Å². The number of nitrogens with two attached hydrogens (primary N) is 1. The van der Waals surface area contributed by atoms with Crippen molar-refractivity contribution in [3.05, 3.63) is 58.7 Å². The molecule has 0 aromatic heterocycles. The Morgan fingerprint density at radius 1 is 1.14 bits per heavy atom. The lowest BCUT2D eigenvalue weighted by atomic mass is 10.1. The Bertz CT molecular complexity index is 740. The van der Waals surface area contributed by atoms with E-state index in [-0.39, 0.29) is 5.91 Å². The summed E-state index contributed by atoms with van der Waals surface area (Å²) in [5, 5.41) is 0. The first-order valence-corrected chi connectivity index (χ1v) is 7.13. The van der Waals surface area contributed by atoms with Crippen molar-refractivity contribution in [2.24, 2.45) is 0 Å². The third kappa shape index (κ3) is 1.91. The SMILES string of the molecule is Nc1cccc2c1CCN2C(=O)c1ccc2c(c1)COC2. The average Bonchev–Trinajstić information content (AvgIpc) is 3.13. The Balaban J connectivity index is 1.70. The third-order valence-electron chi connectivity index (χ3n) is 4.28. The van der Waals surface area contributed by atoms with Crippen LogP contribution in [0.5, 0.6) is 0 Å². The molecule has 0 spiro atoms. The summed E-state index contributed by atoms with van der Waals surface area (Å²) in [4.78, 5) is 14.6. The fraction of sp³-hybridized carbons (Fsp3) is 0.235. The maximum Gasteiger partial charge on any atom is 0.258 e. The van der Waals surface area contributed by atoms with Gasteiger partial charge in [0.05, 0.1) is 13.2 Å². The standard InChI is InChI=1S/C17H16N2O2/c18-15-2-1-3-16-14(15)6-7-19(16)17(20)11-4-5-12-9-21-10-13(12)8-11/h1-5,8H,6-7,9-10,18H2. The normalized spacial score (nSPS) is 15.9. The summed E-state index contributed by atoms with van der Waals surface area (Å²) in [6.45, 7) is 1.93. The van der Waals surface area contributed by atoms with Crippen LogP contribution in [0.25, 0.3) is 0 Å². The molecule has 4 nitrogen and oxygen atoms in total. The molecule has 2 aliphatic rings. The highest BCUT2D eigenvalue weighted by atomic mass is 16.5. The summed E-state index contributed by atoms with van der Waals surface area (Å²) in [6.07, 6.45) is 0.821. The van der Waals surface area contributed by atoms with Gasteiger partial charge >= 0.3 is 0 Å². The second kappa shape index (κ2) is 4.60. The van der Waals surface area contributed by atoms with Gasteiger partial charge in [-0.05, 0) is 41.8 Å². The first kappa shape index (κ1) is 12.4. The van der Waals surface area contributed by atoms with Gasteiger partial charge in [-0.3, -0.25) is 4.79 Å². The highest BCUT2D eigenvalue weighted by molar-refractivity contribution is 6.07. The van der Waals surface area contributed by atoms with Crippen LogP contribution in [-0.4, -0.2) is 12.5 Å². The fourth-order valence-electron chi connectivity index (χ4n) is 3.13. The van der Waals surface area contributed by atoms with Crippen LogP contribution in [0, 0.1) is 0 Å². The van der Waals surface area contributed by atoms with E-state index in [4.69, 9.17) is 10.5 Å². The summed E-state index contributed by atoms with van der Waals surface area (Å²) in [7, 11) is 0. The summed E-state index contributed by atoms with van der Waals surface area (Å²) >= 11 is 0. The molecule has 4 heteroatoms. The largest absolute Gasteiger partial charge is 0.398 e. The molecule has 0 fully saturated rings. The number of amides is 1. The number of nitrogen functional groups attached to an aromatic ring is 1. The molecule has 2 aliphatic heterocycles. The number of ether oxygens (including phenoxy) is 1. The maximum atomic E-state index is 12.8. The minimum Gasteiger partial charge on any atom is -0.398 e. The molecular weight excluding hydrogens is 264 g/mol. The van der Waals surface area contributed by atoms with Crippen LogP contribution >= 0.6 is 0 Å². The second-order valence-electron chi connectivity index (χ2n) is 5.53. The van der Waals surface area contributed by atoms with E-state index in [9.17, 15) is 4.79 Å². The topological polar surface area (TPSA) is 55.6 Å². The molecule has 0 unspecified atom stereocenters. The summed E-state index contributed by atoms with van der Waals surface area (Å²) in [5.74, 6) is 0.0362.